The van der Waals surface area contributed by atoms with Crippen LogP contribution in [0.4, 0.5) is 0 Å². The molecule has 1 aromatic rings. The van der Waals surface area contributed by atoms with Crippen molar-refractivity contribution in [3.63, 3.8) is 0 Å². The van der Waals surface area contributed by atoms with Gasteiger partial charge in [-0.15, -0.1) is 0 Å². The summed E-state index contributed by atoms with van der Waals surface area (Å²) in [5.74, 6) is 6.47. The first-order chi connectivity index (χ1) is 7.35. The minimum absolute atomic E-state index is 0.230. The van der Waals surface area contributed by atoms with E-state index in [1.807, 2.05) is 12.3 Å². The number of rotatable bonds is 5. The molecule has 0 aromatic carbocycles. The van der Waals surface area contributed by atoms with Crippen molar-refractivity contribution >= 4 is 0 Å². The van der Waals surface area contributed by atoms with E-state index in [0.717, 1.165) is 24.5 Å². The van der Waals surface area contributed by atoms with E-state index in [1.165, 1.54) is 18.4 Å². The summed E-state index contributed by atoms with van der Waals surface area (Å²) in [6.45, 7) is 2.16. The van der Waals surface area contributed by atoms with Crippen molar-refractivity contribution in [2.24, 2.45) is 11.8 Å². The molecule has 15 heavy (non-hydrogen) atoms. The van der Waals surface area contributed by atoms with Gasteiger partial charge in [0.1, 0.15) is 0 Å². The third-order valence-electron chi connectivity index (χ3n) is 3.10. The van der Waals surface area contributed by atoms with Gasteiger partial charge in [0.15, 0.2) is 0 Å². The summed E-state index contributed by atoms with van der Waals surface area (Å²) in [7, 11) is 0. The first kappa shape index (κ1) is 10.6. The monoisotopic (exact) mass is 205 g/mol. The van der Waals surface area contributed by atoms with Gasteiger partial charge in [0.05, 0.1) is 11.7 Å². The second-order valence-electron chi connectivity index (χ2n) is 4.30. The van der Waals surface area contributed by atoms with Crippen LogP contribution in [0.1, 0.15) is 43.5 Å². The average Bonchev–Trinajstić information content (AvgIpc) is 3.10. The summed E-state index contributed by atoms with van der Waals surface area (Å²) in [5, 5.41) is 0. The molecule has 1 aliphatic carbocycles. The molecular formula is C12H19N3. The fourth-order valence-corrected chi connectivity index (χ4v) is 2.01. The Morgan fingerprint density at radius 3 is 3.00 bits per heavy atom. The van der Waals surface area contributed by atoms with Crippen LogP contribution < -0.4 is 11.3 Å². The van der Waals surface area contributed by atoms with Crippen LogP contribution in [0.3, 0.4) is 0 Å². The van der Waals surface area contributed by atoms with Crippen molar-refractivity contribution in [1.82, 2.24) is 10.4 Å². The van der Waals surface area contributed by atoms with Gasteiger partial charge in [-0.1, -0.05) is 25.8 Å². The van der Waals surface area contributed by atoms with Crippen molar-refractivity contribution in [3.8, 4) is 0 Å². The fourth-order valence-electron chi connectivity index (χ4n) is 2.01. The molecule has 0 bridgehead atoms. The van der Waals surface area contributed by atoms with Crippen LogP contribution in [-0.4, -0.2) is 4.98 Å². The van der Waals surface area contributed by atoms with Gasteiger partial charge in [0, 0.05) is 6.20 Å². The van der Waals surface area contributed by atoms with Crippen molar-refractivity contribution < 1.29 is 0 Å². The largest absolute Gasteiger partial charge is 0.271 e. The molecule has 1 fully saturated rings. The molecule has 2 rings (SSSR count). The molecule has 3 N–H and O–H groups in total. The highest BCUT2D eigenvalue weighted by atomic mass is 15.2. The summed E-state index contributed by atoms with van der Waals surface area (Å²) in [4.78, 5) is 4.46. The van der Waals surface area contributed by atoms with Gasteiger partial charge in [-0.25, -0.2) is 0 Å². The Bertz CT molecular complexity index is 320. The standard InChI is InChI=1S/C12H19N3/c1-2-10-4-3-7-14-12(10)11(15-13)8-9-5-6-9/h3-4,7,9,11,15H,2,5-6,8,13H2,1H3. The number of aromatic nitrogens is 1. The molecule has 1 aromatic heterocycles. The topological polar surface area (TPSA) is 50.9 Å². The van der Waals surface area contributed by atoms with E-state index in [0.29, 0.717) is 0 Å². The van der Waals surface area contributed by atoms with Gasteiger partial charge in [-0.05, 0) is 30.4 Å². The minimum Gasteiger partial charge on any atom is -0.271 e. The predicted molar refractivity (Wildman–Crippen MR) is 61.0 cm³/mol. The Labute approximate surface area is 91.1 Å². The Morgan fingerprint density at radius 1 is 1.60 bits per heavy atom. The minimum atomic E-state index is 0.230. The quantitative estimate of drug-likeness (QED) is 0.570. The van der Waals surface area contributed by atoms with Gasteiger partial charge in [0.2, 0.25) is 0 Å². The lowest BCUT2D eigenvalue weighted by molar-refractivity contribution is 0.473. The van der Waals surface area contributed by atoms with Crippen molar-refractivity contribution in [3.05, 3.63) is 29.6 Å². The number of aryl methyl sites for hydroxylation is 1. The molecule has 82 valence electrons. The number of pyridine rings is 1. The summed E-state index contributed by atoms with van der Waals surface area (Å²) in [6, 6.07) is 4.36. The molecule has 1 unspecified atom stereocenters. The van der Waals surface area contributed by atoms with Crippen LogP contribution in [-0.2, 0) is 6.42 Å². The van der Waals surface area contributed by atoms with Crippen molar-refractivity contribution in [1.29, 1.82) is 0 Å². The maximum atomic E-state index is 5.61. The molecule has 1 atom stereocenters. The zero-order chi connectivity index (χ0) is 10.7. The molecular weight excluding hydrogens is 186 g/mol. The molecule has 1 aliphatic rings. The number of hydrazine groups is 1. The molecule has 0 radical (unpaired) electrons. The summed E-state index contributed by atoms with van der Waals surface area (Å²) in [5.41, 5.74) is 5.34. The van der Waals surface area contributed by atoms with Gasteiger partial charge in [-0.3, -0.25) is 16.3 Å². The normalized spacial score (nSPS) is 17.7. The maximum absolute atomic E-state index is 5.61. The van der Waals surface area contributed by atoms with Gasteiger partial charge in [0.25, 0.3) is 0 Å². The molecule has 0 amide bonds. The number of hydrogen-bond acceptors (Lipinski definition) is 3. The summed E-state index contributed by atoms with van der Waals surface area (Å²) in [6.07, 6.45) is 6.71. The maximum Gasteiger partial charge on any atom is 0.0637 e. The van der Waals surface area contributed by atoms with Crippen LogP contribution in [0.2, 0.25) is 0 Å². The zero-order valence-electron chi connectivity index (χ0n) is 9.24. The third-order valence-corrected chi connectivity index (χ3v) is 3.10. The Morgan fingerprint density at radius 2 is 2.40 bits per heavy atom. The predicted octanol–water partition coefficient (Wildman–Crippen LogP) is 1.95. The first-order valence-electron chi connectivity index (χ1n) is 5.75. The van der Waals surface area contributed by atoms with E-state index < -0.39 is 0 Å². The van der Waals surface area contributed by atoms with Gasteiger partial charge in [-0.2, -0.15) is 0 Å². The third kappa shape index (κ3) is 2.55. The van der Waals surface area contributed by atoms with Crippen LogP contribution in [0.5, 0.6) is 0 Å². The lowest BCUT2D eigenvalue weighted by atomic mass is 10.0. The highest BCUT2D eigenvalue weighted by molar-refractivity contribution is 5.23. The second kappa shape index (κ2) is 4.73. The molecule has 3 nitrogen and oxygen atoms in total. The average molecular weight is 205 g/mol. The van der Waals surface area contributed by atoms with Crippen LogP contribution in [0.25, 0.3) is 0 Å². The first-order valence-corrected chi connectivity index (χ1v) is 5.75. The molecule has 3 heteroatoms. The van der Waals surface area contributed by atoms with E-state index in [2.05, 4.69) is 23.4 Å². The van der Waals surface area contributed by atoms with Gasteiger partial charge >= 0.3 is 0 Å². The zero-order valence-corrected chi connectivity index (χ0v) is 9.24. The van der Waals surface area contributed by atoms with E-state index in [4.69, 9.17) is 5.84 Å². The van der Waals surface area contributed by atoms with Crippen LogP contribution in [0.15, 0.2) is 18.3 Å². The molecule has 1 saturated carbocycles. The van der Waals surface area contributed by atoms with E-state index in [9.17, 15) is 0 Å². The number of nitrogens with one attached hydrogen (secondary N) is 1. The van der Waals surface area contributed by atoms with Gasteiger partial charge < -0.3 is 0 Å². The van der Waals surface area contributed by atoms with Crippen LogP contribution in [0, 0.1) is 5.92 Å². The number of nitrogens with two attached hydrogens (primary N) is 1. The lowest BCUT2D eigenvalue weighted by Crippen LogP contribution is -2.29. The smallest absolute Gasteiger partial charge is 0.0637 e. The molecule has 0 saturated heterocycles. The molecule has 1 heterocycles. The number of hydrogen-bond donors (Lipinski definition) is 2. The summed E-state index contributed by atoms with van der Waals surface area (Å²) >= 11 is 0. The highest BCUT2D eigenvalue weighted by Crippen LogP contribution is 2.37. The van der Waals surface area contributed by atoms with E-state index in [-0.39, 0.29) is 6.04 Å². The second-order valence-corrected chi connectivity index (χ2v) is 4.30. The summed E-state index contributed by atoms with van der Waals surface area (Å²) < 4.78 is 0. The highest BCUT2D eigenvalue weighted by Gasteiger charge is 2.27. The van der Waals surface area contributed by atoms with E-state index in [1.54, 1.807) is 0 Å². The van der Waals surface area contributed by atoms with E-state index >= 15 is 0 Å². The Balaban J connectivity index is 2.15. The fraction of sp³-hybridized carbons (Fsp3) is 0.583. The van der Waals surface area contributed by atoms with Crippen molar-refractivity contribution in [2.75, 3.05) is 0 Å². The van der Waals surface area contributed by atoms with Crippen LogP contribution >= 0.6 is 0 Å². The Kier molecular flexibility index (Phi) is 3.34. The molecule has 0 aliphatic heterocycles. The Hall–Kier alpha value is -0.930. The SMILES string of the molecule is CCc1cccnc1C(CC1CC1)NN. The van der Waals surface area contributed by atoms with Crippen molar-refractivity contribution in [2.45, 2.75) is 38.6 Å². The lowest BCUT2D eigenvalue weighted by Gasteiger charge is -2.17. The molecule has 0 spiro atoms. The number of nitrogens with zero attached hydrogens (tertiary/aromatic N) is 1.